The highest BCUT2D eigenvalue weighted by Gasteiger charge is 2.56. The van der Waals surface area contributed by atoms with Gasteiger partial charge in [-0.1, -0.05) is 26.8 Å². The second kappa shape index (κ2) is 7.86. The number of carbonyl (C=O) groups excluding carboxylic acids is 2. The van der Waals surface area contributed by atoms with Crippen LogP contribution in [0.3, 0.4) is 0 Å². The van der Waals surface area contributed by atoms with Crippen LogP contribution in [0.1, 0.15) is 45.6 Å². The predicted molar refractivity (Wildman–Crippen MR) is 111 cm³/mol. The molecule has 0 unspecified atom stereocenters. The van der Waals surface area contributed by atoms with Crippen LogP contribution in [0.15, 0.2) is 18.2 Å². The molecule has 1 saturated heterocycles. The van der Waals surface area contributed by atoms with Gasteiger partial charge in [0.25, 0.3) is 5.91 Å². The van der Waals surface area contributed by atoms with Crippen molar-refractivity contribution in [1.82, 2.24) is 15.1 Å². The maximum atomic E-state index is 13.3. The standard InChI is InChI=1S/C22H33N3O4/c1-15-10-21(2,3)13-22(11-15)19(26)25(20(27)23-22)14-24(4)12-16-7-8-17(28-5)9-18(16)29-6/h7-9,15H,10-14H2,1-6H3,(H,23,27)/t15-,22+/m0/s1. The summed E-state index contributed by atoms with van der Waals surface area (Å²) < 4.78 is 10.7. The van der Waals surface area contributed by atoms with Crippen molar-refractivity contribution in [3.63, 3.8) is 0 Å². The van der Waals surface area contributed by atoms with Gasteiger partial charge in [0.2, 0.25) is 0 Å². The summed E-state index contributed by atoms with van der Waals surface area (Å²) in [6.45, 7) is 7.28. The molecule has 1 aromatic rings. The number of amides is 3. The van der Waals surface area contributed by atoms with Gasteiger partial charge in [-0.05, 0) is 43.7 Å². The Kier molecular flexibility index (Phi) is 5.81. The van der Waals surface area contributed by atoms with Crippen molar-refractivity contribution >= 4 is 11.9 Å². The molecule has 1 spiro atoms. The van der Waals surface area contributed by atoms with Crippen LogP contribution in [-0.4, -0.2) is 55.2 Å². The van der Waals surface area contributed by atoms with Crippen LogP contribution in [0.2, 0.25) is 0 Å². The Labute approximate surface area is 173 Å². The number of ether oxygens (including phenoxy) is 2. The van der Waals surface area contributed by atoms with Gasteiger partial charge in [0.1, 0.15) is 17.0 Å². The average Bonchev–Trinajstić information content (AvgIpc) is 2.83. The lowest BCUT2D eigenvalue weighted by Crippen LogP contribution is -2.54. The lowest BCUT2D eigenvalue weighted by Gasteiger charge is -2.43. The van der Waals surface area contributed by atoms with E-state index in [-0.39, 0.29) is 24.0 Å². The highest BCUT2D eigenvalue weighted by atomic mass is 16.5. The van der Waals surface area contributed by atoms with E-state index in [2.05, 4.69) is 26.1 Å². The quantitative estimate of drug-likeness (QED) is 0.739. The minimum absolute atomic E-state index is 0.0268. The molecular formula is C22H33N3O4. The number of nitrogens with one attached hydrogen (secondary N) is 1. The SMILES string of the molecule is COc1ccc(CN(C)CN2C(=O)N[C@@]3(C[C@@H](C)CC(C)(C)C3)C2=O)c(OC)c1. The Balaban J connectivity index is 1.72. The predicted octanol–water partition coefficient (Wildman–Crippen LogP) is 3.23. The van der Waals surface area contributed by atoms with Gasteiger partial charge in [0.05, 0.1) is 20.9 Å². The summed E-state index contributed by atoms with van der Waals surface area (Å²) in [6.07, 6.45) is 2.45. The lowest BCUT2D eigenvalue weighted by atomic mass is 9.64. The molecule has 2 fully saturated rings. The zero-order chi connectivity index (χ0) is 21.4. The van der Waals surface area contributed by atoms with E-state index in [0.717, 1.165) is 17.7 Å². The maximum Gasteiger partial charge on any atom is 0.326 e. The lowest BCUT2D eigenvalue weighted by molar-refractivity contribution is -0.136. The zero-order valence-corrected chi connectivity index (χ0v) is 18.4. The molecule has 1 heterocycles. The van der Waals surface area contributed by atoms with Crippen molar-refractivity contribution in [3.05, 3.63) is 23.8 Å². The van der Waals surface area contributed by atoms with E-state index in [9.17, 15) is 9.59 Å². The van der Waals surface area contributed by atoms with Crippen LogP contribution in [0.25, 0.3) is 0 Å². The molecule has 1 N–H and O–H groups in total. The Morgan fingerprint density at radius 2 is 1.93 bits per heavy atom. The Morgan fingerprint density at radius 3 is 2.55 bits per heavy atom. The van der Waals surface area contributed by atoms with Gasteiger partial charge in [0.15, 0.2) is 0 Å². The van der Waals surface area contributed by atoms with E-state index in [4.69, 9.17) is 9.47 Å². The van der Waals surface area contributed by atoms with Crippen LogP contribution in [0, 0.1) is 11.3 Å². The average molecular weight is 404 g/mol. The highest BCUT2D eigenvalue weighted by molar-refractivity contribution is 6.07. The summed E-state index contributed by atoms with van der Waals surface area (Å²) in [7, 11) is 5.12. The third-order valence-corrected chi connectivity index (χ3v) is 5.94. The molecule has 3 amide bonds. The smallest absolute Gasteiger partial charge is 0.326 e. The summed E-state index contributed by atoms with van der Waals surface area (Å²) in [5, 5.41) is 3.03. The Bertz CT molecular complexity index is 794. The van der Waals surface area contributed by atoms with Crippen LogP contribution < -0.4 is 14.8 Å². The number of imide groups is 1. The summed E-state index contributed by atoms with van der Waals surface area (Å²) in [5.41, 5.74) is 0.223. The first-order chi connectivity index (χ1) is 13.6. The van der Waals surface area contributed by atoms with Crippen molar-refractivity contribution in [3.8, 4) is 11.5 Å². The second-order valence-electron chi connectivity index (χ2n) is 9.43. The molecule has 1 aliphatic carbocycles. The van der Waals surface area contributed by atoms with E-state index in [1.54, 1.807) is 14.2 Å². The van der Waals surface area contributed by atoms with E-state index >= 15 is 0 Å². The first kappa shape index (κ1) is 21.4. The van der Waals surface area contributed by atoms with E-state index in [1.165, 1.54) is 4.90 Å². The number of hydrogen-bond donors (Lipinski definition) is 1. The monoisotopic (exact) mass is 403 g/mol. The van der Waals surface area contributed by atoms with Gasteiger partial charge in [0, 0.05) is 18.2 Å². The highest BCUT2D eigenvalue weighted by Crippen LogP contribution is 2.46. The van der Waals surface area contributed by atoms with Crippen molar-refractivity contribution < 1.29 is 19.1 Å². The van der Waals surface area contributed by atoms with Gasteiger partial charge >= 0.3 is 6.03 Å². The molecule has 29 heavy (non-hydrogen) atoms. The molecule has 2 aliphatic rings. The van der Waals surface area contributed by atoms with Crippen LogP contribution in [-0.2, 0) is 11.3 Å². The molecule has 0 bridgehead atoms. The second-order valence-corrected chi connectivity index (χ2v) is 9.43. The molecule has 160 valence electrons. The number of urea groups is 1. The van der Waals surface area contributed by atoms with E-state index < -0.39 is 5.54 Å². The molecule has 7 heteroatoms. The topological polar surface area (TPSA) is 71.1 Å². The first-order valence-corrected chi connectivity index (χ1v) is 10.1. The minimum atomic E-state index is -0.767. The van der Waals surface area contributed by atoms with Gasteiger partial charge in [-0.15, -0.1) is 0 Å². The van der Waals surface area contributed by atoms with Gasteiger partial charge in [-0.3, -0.25) is 9.69 Å². The molecule has 2 atom stereocenters. The van der Waals surface area contributed by atoms with Crippen molar-refractivity contribution in [2.24, 2.45) is 11.3 Å². The largest absolute Gasteiger partial charge is 0.497 e. The molecule has 3 rings (SSSR count). The zero-order valence-electron chi connectivity index (χ0n) is 18.4. The summed E-state index contributed by atoms with van der Waals surface area (Å²) in [5.74, 6) is 1.73. The van der Waals surface area contributed by atoms with E-state index in [1.807, 2.05) is 30.1 Å². The third-order valence-electron chi connectivity index (χ3n) is 5.94. The molecule has 7 nitrogen and oxygen atoms in total. The van der Waals surface area contributed by atoms with Crippen molar-refractivity contribution in [1.29, 1.82) is 0 Å². The summed E-state index contributed by atoms with van der Waals surface area (Å²) >= 11 is 0. The van der Waals surface area contributed by atoms with Crippen LogP contribution in [0.5, 0.6) is 11.5 Å². The number of nitrogens with zero attached hydrogens (tertiary/aromatic N) is 2. The fourth-order valence-electron chi connectivity index (χ4n) is 5.20. The molecule has 1 aromatic carbocycles. The number of hydrogen-bond acceptors (Lipinski definition) is 5. The molecule has 0 radical (unpaired) electrons. The minimum Gasteiger partial charge on any atom is -0.497 e. The fourth-order valence-corrected chi connectivity index (χ4v) is 5.20. The number of benzene rings is 1. The molecule has 1 aliphatic heterocycles. The van der Waals surface area contributed by atoms with E-state index in [0.29, 0.717) is 31.1 Å². The summed E-state index contributed by atoms with van der Waals surface area (Å²) in [6, 6.07) is 5.35. The molecular weight excluding hydrogens is 370 g/mol. The number of methoxy groups -OCH3 is 2. The Morgan fingerprint density at radius 1 is 1.21 bits per heavy atom. The van der Waals surface area contributed by atoms with Crippen LogP contribution >= 0.6 is 0 Å². The summed E-state index contributed by atoms with van der Waals surface area (Å²) in [4.78, 5) is 29.3. The van der Waals surface area contributed by atoms with Crippen molar-refractivity contribution in [2.45, 2.75) is 52.1 Å². The third kappa shape index (κ3) is 4.34. The van der Waals surface area contributed by atoms with Gasteiger partial charge in [-0.2, -0.15) is 0 Å². The molecule has 1 saturated carbocycles. The van der Waals surface area contributed by atoms with Gasteiger partial charge in [-0.25, -0.2) is 9.69 Å². The number of rotatable bonds is 6. The van der Waals surface area contributed by atoms with Gasteiger partial charge < -0.3 is 14.8 Å². The Hall–Kier alpha value is -2.28. The van der Waals surface area contributed by atoms with Crippen LogP contribution in [0.4, 0.5) is 4.79 Å². The molecule has 0 aromatic heterocycles. The normalized spacial score (nSPS) is 26.2. The fraction of sp³-hybridized carbons (Fsp3) is 0.636. The maximum absolute atomic E-state index is 13.3. The first-order valence-electron chi connectivity index (χ1n) is 10.1. The van der Waals surface area contributed by atoms with Crippen molar-refractivity contribution in [2.75, 3.05) is 27.9 Å². The number of carbonyl (C=O) groups is 2.